The molecule has 1 aromatic rings. The Morgan fingerprint density at radius 3 is 2.75 bits per heavy atom. The minimum Gasteiger partial charge on any atom is -0.476 e. The molecule has 0 bridgehead atoms. The van der Waals surface area contributed by atoms with Crippen molar-refractivity contribution >= 4 is 5.97 Å². The number of aromatic carboxylic acids is 1. The van der Waals surface area contributed by atoms with Crippen molar-refractivity contribution in [2.45, 2.75) is 26.4 Å². The Kier molecular flexibility index (Phi) is 4.45. The quantitative estimate of drug-likeness (QED) is 0.740. The monoisotopic (exact) mass is 228 g/mol. The van der Waals surface area contributed by atoms with Gasteiger partial charge in [0.25, 0.3) is 0 Å². The van der Waals surface area contributed by atoms with E-state index in [2.05, 4.69) is 5.16 Å². The maximum atomic E-state index is 10.6. The van der Waals surface area contributed by atoms with Crippen molar-refractivity contribution < 1.29 is 19.5 Å². The lowest BCUT2D eigenvalue weighted by atomic mass is 10.3. The van der Waals surface area contributed by atoms with Gasteiger partial charge in [-0.05, 0) is 13.8 Å². The number of aromatic nitrogens is 1. The van der Waals surface area contributed by atoms with E-state index >= 15 is 0 Å². The van der Waals surface area contributed by atoms with Crippen LogP contribution in [0, 0.1) is 0 Å². The van der Waals surface area contributed by atoms with Crippen molar-refractivity contribution in [3.63, 3.8) is 0 Å². The van der Waals surface area contributed by atoms with Crippen LogP contribution in [0.25, 0.3) is 0 Å². The number of hydrogen-bond donors (Lipinski definition) is 2. The third-order valence-corrected chi connectivity index (χ3v) is 2.25. The van der Waals surface area contributed by atoms with Crippen LogP contribution in [-0.4, -0.2) is 45.4 Å². The van der Waals surface area contributed by atoms with Gasteiger partial charge in [0.1, 0.15) is 0 Å². The smallest absolute Gasteiger partial charge is 0.358 e. The molecule has 6 heteroatoms. The summed E-state index contributed by atoms with van der Waals surface area (Å²) in [6.45, 7) is 4.99. The molecule has 6 nitrogen and oxygen atoms in total. The van der Waals surface area contributed by atoms with E-state index in [0.717, 1.165) is 0 Å². The molecule has 0 amide bonds. The highest BCUT2D eigenvalue weighted by atomic mass is 16.5. The lowest BCUT2D eigenvalue weighted by molar-refractivity contribution is 0.0685. The summed E-state index contributed by atoms with van der Waals surface area (Å²) in [6, 6.07) is 1.64. The van der Waals surface area contributed by atoms with E-state index in [1.807, 2.05) is 18.7 Å². The lowest BCUT2D eigenvalue weighted by Gasteiger charge is -2.23. The van der Waals surface area contributed by atoms with E-state index in [9.17, 15) is 4.79 Å². The van der Waals surface area contributed by atoms with Crippen molar-refractivity contribution in [2.24, 2.45) is 0 Å². The molecule has 0 aliphatic rings. The highest BCUT2D eigenvalue weighted by Crippen LogP contribution is 2.09. The van der Waals surface area contributed by atoms with Crippen LogP contribution in [0.15, 0.2) is 10.6 Å². The molecular weight excluding hydrogens is 212 g/mol. The average Bonchev–Trinajstić information content (AvgIpc) is 2.65. The van der Waals surface area contributed by atoms with Crippen molar-refractivity contribution in [1.82, 2.24) is 10.1 Å². The molecule has 0 aliphatic heterocycles. The molecule has 1 aromatic heterocycles. The third kappa shape index (κ3) is 3.32. The van der Waals surface area contributed by atoms with E-state index < -0.39 is 5.97 Å². The fourth-order valence-corrected chi connectivity index (χ4v) is 1.34. The predicted octanol–water partition coefficient (Wildman–Crippen LogP) is 0.576. The molecule has 0 radical (unpaired) electrons. The number of nitrogens with zero attached hydrogens (tertiary/aromatic N) is 2. The number of hydrogen-bond acceptors (Lipinski definition) is 5. The minimum atomic E-state index is -1.10. The first-order valence-electron chi connectivity index (χ1n) is 5.08. The van der Waals surface area contributed by atoms with Gasteiger partial charge < -0.3 is 14.7 Å². The van der Waals surface area contributed by atoms with Crippen molar-refractivity contribution in [3.8, 4) is 0 Å². The van der Waals surface area contributed by atoms with Crippen molar-refractivity contribution in [1.29, 1.82) is 0 Å². The van der Waals surface area contributed by atoms with Crippen molar-refractivity contribution in [2.75, 3.05) is 13.2 Å². The summed E-state index contributed by atoms with van der Waals surface area (Å²) in [4.78, 5) is 12.5. The van der Waals surface area contributed by atoms with Crippen LogP contribution < -0.4 is 0 Å². The Morgan fingerprint density at radius 2 is 2.31 bits per heavy atom. The van der Waals surface area contributed by atoms with Gasteiger partial charge in [-0.15, -0.1) is 0 Å². The van der Waals surface area contributed by atoms with E-state index in [1.54, 1.807) is 0 Å². The molecule has 0 saturated heterocycles. The molecule has 1 rings (SSSR count). The van der Waals surface area contributed by atoms with Crippen LogP contribution in [0.5, 0.6) is 0 Å². The zero-order valence-electron chi connectivity index (χ0n) is 9.38. The second-order valence-electron chi connectivity index (χ2n) is 3.77. The number of aliphatic hydroxyl groups is 1. The van der Waals surface area contributed by atoms with Gasteiger partial charge in [0, 0.05) is 18.7 Å². The first kappa shape index (κ1) is 12.7. The first-order chi connectivity index (χ1) is 7.54. The number of carboxylic acid groups (broad SMARTS) is 1. The Labute approximate surface area is 93.5 Å². The molecule has 0 spiro atoms. The fraction of sp³-hybridized carbons (Fsp3) is 0.600. The molecule has 1 heterocycles. The Hall–Kier alpha value is -1.40. The van der Waals surface area contributed by atoms with E-state index in [0.29, 0.717) is 18.8 Å². The molecule has 0 fully saturated rings. The molecule has 16 heavy (non-hydrogen) atoms. The highest BCUT2D eigenvalue weighted by Gasteiger charge is 2.15. The maximum Gasteiger partial charge on any atom is 0.358 e. The van der Waals surface area contributed by atoms with Gasteiger partial charge in [-0.3, -0.25) is 4.90 Å². The summed E-state index contributed by atoms with van der Waals surface area (Å²) < 4.78 is 4.90. The van der Waals surface area contributed by atoms with E-state index in [4.69, 9.17) is 14.7 Å². The zero-order valence-corrected chi connectivity index (χ0v) is 9.38. The SMILES string of the molecule is CC(C)N(CCO)Cc1cc(C(=O)O)no1. The van der Waals surface area contributed by atoms with Gasteiger partial charge in [0.05, 0.1) is 13.2 Å². The summed E-state index contributed by atoms with van der Waals surface area (Å²) in [5.74, 6) is -0.618. The van der Waals surface area contributed by atoms with Gasteiger partial charge >= 0.3 is 5.97 Å². The van der Waals surface area contributed by atoms with Crippen LogP contribution in [0.4, 0.5) is 0 Å². The topological polar surface area (TPSA) is 86.8 Å². The molecule has 0 unspecified atom stereocenters. The number of aliphatic hydroxyl groups excluding tert-OH is 1. The summed E-state index contributed by atoms with van der Waals surface area (Å²) >= 11 is 0. The number of carboxylic acids is 1. The Morgan fingerprint density at radius 1 is 1.62 bits per heavy atom. The average molecular weight is 228 g/mol. The predicted molar refractivity (Wildman–Crippen MR) is 56.1 cm³/mol. The van der Waals surface area contributed by atoms with Crippen LogP contribution in [0.1, 0.15) is 30.1 Å². The van der Waals surface area contributed by atoms with Gasteiger partial charge in [0.2, 0.25) is 0 Å². The lowest BCUT2D eigenvalue weighted by Crippen LogP contribution is -2.32. The minimum absolute atomic E-state index is 0.0537. The van der Waals surface area contributed by atoms with Crippen LogP contribution in [-0.2, 0) is 6.54 Å². The summed E-state index contributed by atoms with van der Waals surface area (Å²) in [5, 5.41) is 21.0. The van der Waals surface area contributed by atoms with Crippen molar-refractivity contribution in [3.05, 3.63) is 17.5 Å². The second-order valence-corrected chi connectivity index (χ2v) is 3.77. The van der Waals surface area contributed by atoms with Crippen LogP contribution in [0.3, 0.4) is 0 Å². The largest absolute Gasteiger partial charge is 0.476 e. The standard InChI is InChI=1S/C10H16N2O4/c1-7(2)12(3-4-13)6-8-5-9(10(14)15)11-16-8/h5,7,13H,3-4,6H2,1-2H3,(H,14,15). The van der Waals surface area contributed by atoms with E-state index in [-0.39, 0.29) is 18.3 Å². The molecular formula is C10H16N2O4. The first-order valence-corrected chi connectivity index (χ1v) is 5.08. The Bertz CT molecular complexity index is 348. The zero-order chi connectivity index (χ0) is 12.1. The highest BCUT2D eigenvalue weighted by molar-refractivity contribution is 5.85. The number of rotatable bonds is 6. The molecule has 0 aliphatic carbocycles. The van der Waals surface area contributed by atoms with E-state index in [1.165, 1.54) is 6.07 Å². The van der Waals surface area contributed by atoms with Gasteiger partial charge in [-0.25, -0.2) is 4.79 Å². The summed E-state index contributed by atoms with van der Waals surface area (Å²) in [7, 11) is 0. The number of carbonyl (C=O) groups is 1. The van der Waals surface area contributed by atoms with Crippen LogP contribution in [0.2, 0.25) is 0 Å². The molecule has 0 aromatic carbocycles. The molecule has 2 N–H and O–H groups in total. The Balaban J connectivity index is 2.66. The van der Waals surface area contributed by atoms with Gasteiger partial charge in [0.15, 0.2) is 11.5 Å². The van der Waals surface area contributed by atoms with Gasteiger partial charge in [-0.2, -0.15) is 0 Å². The summed E-state index contributed by atoms with van der Waals surface area (Å²) in [6.07, 6.45) is 0. The fourth-order valence-electron chi connectivity index (χ4n) is 1.34. The molecule has 90 valence electrons. The third-order valence-electron chi connectivity index (χ3n) is 2.25. The van der Waals surface area contributed by atoms with Gasteiger partial charge in [-0.1, -0.05) is 5.16 Å². The normalized spacial score (nSPS) is 11.3. The second kappa shape index (κ2) is 5.62. The summed E-state index contributed by atoms with van der Waals surface area (Å²) in [5.41, 5.74) is -0.0947. The molecule has 0 atom stereocenters. The molecule has 0 saturated carbocycles. The van der Waals surface area contributed by atoms with Crippen LogP contribution >= 0.6 is 0 Å². The maximum absolute atomic E-state index is 10.6.